The van der Waals surface area contributed by atoms with Gasteiger partial charge < -0.3 is 25.2 Å². The standard InChI is InChI=1S/C15H19N2O9P/c18-8-11(6-7-13(19)20)17-27(24,25)26-9-12(15(22)23)16-14(21)10-4-2-1-3-5-10/h1-5,8,11-12H,6-7,9H2,(H,16,21)(H,19,20)(H,22,23)(H2,17,24,25)/t11-,12-/m0/s1. The fourth-order valence-corrected chi connectivity index (χ4v) is 2.90. The Morgan fingerprint density at radius 3 is 2.33 bits per heavy atom. The lowest BCUT2D eigenvalue weighted by Gasteiger charge is -2.20. The van der Waals surface area contributed by atoms with Crippen molar-refractivity contribution in [3.8, 4) is 0 Å². The molecule has 148 valence electrons. The van der Waals surface area contributed by atoms with Crippen LogP contribution in [0.3, 0.4) is 0 Å². The van der Waals surface area contributed by atoms with Gasteiger partial charge in [-0.3, -0.25) is 14.1 Å². The maximum absolute atomic E-state index is 12.0. The van der Waals surface area contributed by atoms with Crippen LogP contribution < -0.4 is 10.4 Å². The smallest absolute Gasteiger partial charge is 0.403 e. The number of hydrogen-bond acceptors (Lipinski definition) is 6. The van der Waals surface area contributed by atoms with Crippen LogP contribution in [-0.4, -0.2) is 57.9 Å². The minimum absolute atomic E-state index is 0.184. The summed E-state index contributed by atoms with van der Waals surface area (Å²) in [5, 5.41) is 21.8. The Morgan fingerprint density at radius 2 is 1.81 bits per heavy atom. The monoisotopic (exact) mass is 402 g/mol. The lowest BCUT2D eigenvalue weighted by atomic mass is 10.2. The molecule has 0 spiro atoms. The molecule has 0 heterocycles. The Labute approximate surface area is 153 Å². The van der Waals surface area contributed by atoms with E-state index in [1.165, 1.54) is 12.1 Å². The molecular formula is C15H19N2O9P. The van der Waals surface area contributed by atoms with E-state index in [1.807, 2.05) is 5.09 Å². The summed E-state index contributed by atoms with van der Waals surface area (Å²) < 4.78 is 16.5. The third kappa shape index (κ3) is 8.56. The Balaban J connectivity index is 2.65. The van der Waals surface area contributed by atoms with E-state index in [1.54, 1.807) is 18.2 Å². The lowest BCUT2D eigenvalue weighted by molar-refractivity contribution is -0.140. The highest BCUT2D eigenvalue weighted by Gasteiger charge is 2.29. The Bertz CT molecular complexity index is 725. The average Bonchev–Trinajstić information content (AvgIpc) is 2.62. The van der Waals surface area contributed by atoms with Crippen molar-refractivity contribution in [2.75, 3.05) is 6.61 Å². The highest BCUT2D eigenvalue weighted by molar-refractivity contribution is 7.50. The van der Waals surface area contributed by atoms with Gasteiger partial charge >= 0.3 is 19.7 Å². The molecule has 1 aromatic rings. The molecule has 0 bridgehead atoms. The van der Waals surface area contributed by atoms with Crippen LogP contribution in [-0.2, 0) is 23.5 Å². The van der Waals surface area contributed by atoms with Gasteiger partial charge in [0.05, 0.1) is 12.6 Å². The summed E-state index contributed by atoms with van der Waals surface area (Å²) >= 11 is 0. The zero-order valence-electron chi connectivity index (χ0n) is 14.0. The summed E-state index contributed by atoms with van der Waals surface area (Å²) in [5.41, 5.74) is 0.184. The van der Waals surface area contributed by atoms with Crippen molar-refractivity contribution in [3.63, 3.8) is 0 Å². The largest absolute Gasteiger partial charge is 0.481 e. The first-order valence-corrected chi connectivity index (χ1v) is 9.23. The van der Waals surface area contributed by atoms with Gasteiger partial charge in [0.15, 0.2) is 6.04 Å². The van der Waals surface area contributed by atoms with Gasteiger partial charge in [-0.15, -0.1) is 0 Å². The van der Waals surface area contributed by atoms with Gasteiger partial charge in [-0.05, 0) is 18.6 Å². The molecule has 1 aromatic carbocycles. The molecule has 0 aliphatic rings. The number of rotatable bonds is 12. The predicted molar refractivity (Wildman–Crippen MR) is 91.0 cm³/mol. The molecule has 0 aliphatic heterocycles. The van der Waals surface area contributed by atoms with Crippen molar-refractivity contribution in [3.05, 3.63) is 35.9 Å². The number of aliphatic carboxylic acids is 2. The number of nitrogens with one attached hydrogen (secondary N) is 2. The summed E-state index contributed by atoms with van der Waals surface area (Å²) in [6, 6.07) is 4.80. The van der Waals surface area contributed by atoms with Crippen LogP contribution in [0.2, 0.25) is 0 Å². The third-order valence-corrected chi connectivity index (χ3v) is 4.38. The molecule has 1 unspecified atom stereocenters. The molecule has 0 saturated carbocycles. The Morgan fingerprint density at radius 1 is 1.19 bits per heavy atom. The van der Waals surface area contributed by atoms with Gasteiger partial charge in [0, 0.05) is 12.0 Å². The van der Waals surface area contributed by atoms with E-state index < -0.39 is 50.7 Å². The van der Waals surface area contributed by atoms with Crippen LogP contribution in [0.25, 0.3) is 0 Å². The van der Waals surface area contributed by atoms with Crippen molar-refractivity contribution < 1.29 is 43.4 Å². The minimum Gasteiger partial charge on any atom is -0.481 e. The highest BCUT2D eigenvalue weighted by atomic mass is 31.2. The zero-order chi connectivity index (χ0) is 20.4. The van der Waals surface area contributed by atoms with E-state index in [4.69, 9.17) is 10.2 Å². The maximum atomic E-state index is 12.0. The van der Waals surface area contributed by atoms with Crippen LogP contribution in [0.4, 0.5) is 0 Å². The van der Waals surface area contributed by atoms with E-state index in [0.717, 1.165) is 0 Å². The van der Waals surface area contributed by atoms with Crippen LogP contribution in [0.5, 0.6) is 0 Å². The summed E-state index contributed by atoms with van der Waals surface area (Å²) in [5.74, 6) is -3.43. The molecule has 0 aliphatic carbocycles. The zero-order valence-corrected chi connectivity index (χ0v) is 14.9. The van der Waals surface area contributed by atoms with Crippen LogP contribution >= 0.6 is 7.75 Å². The minimum atomic E-state index is -4.62. The number of carbonyl (C=O) groups excluding carboxylic acids is 2. The first-order valence-electron chi connectivity index (χ1n) is 7.65. The molecular weight excluding hydrogens is 383 g/mol. The number of hydrogen-bond donors (Lipinski definition) is 5. The van der Waals surface area contributed by atoms with E-state index in [9.17, 15) is 28.6 Å². The summed E-state index contributed by atoms with van der Waals surface area (Å²) in [6.45, 7) is -0.862. The molecule has 27 heavy (non-hydrogen) atoms. The Hall–Kier alpha value is -2.59. The Kier molecular flexibility index (Phi) is 8.76. The van der Waals surface area contributed by atoms with Crippen LogP contribution in [0, 0.1) is 0 Å². The number of carbonyl (C=O) groups is 4. The van der Waals surface area contributed by atoms with Crippen molar-refractivity contribution in [2.45, 2.75) is 24.9 Å². The van der Waals surface area contributed by atoms with Crippen molar-refractivity contribution in [2.24, 2.45) is 0 Å². The molecule has 1 amide bonds. The summed E-state index contributed by atoms with van der Waals surface area (Å²) in [7, 11) is -4.62. The second-order valence-corrected chi connectivity index (χ2v) is 6.91. The van der Waals surface area contributed by atoms with Gasteiger partial charge in [0.1, 0.15) is 6.29 Å². The molecule has 0 radical (unpaired) electrons. The SMILES string of the molecule is O=C[C@H](CCC(=O)O)NP(=O)(O)OC[C@H](NC(=O)c1ccccc1)C(=O)O. The molecule has 0 fully saturated rings. The van der Waals surface area contributed by atoms with Gasteiger partial charge in [-0.25, -0.2) is 14.4 Å². The lowest BCUT2D eigenvalue weighted by Crippen LogP contribution is -2.44. The number of aldehydes is 1. The van der Waals surface area contributed by atoms with Gasteiger partial charge in [-0.2, -0.15) is 0 Å². The molecule has 3 atom stereocenters. The first-order chi connectivity index (χ1) is 12.6. The molecule has 11 nitrogen and oxygen atoms in total. The number of benzene rings is 1. The predicted octanol–water partition coefficient (Wildman–Crippen LogP) is 0.00850. The second kappa shape index (κ2) is 10.5. The van der Waals surface area contributed by atoms with E-state index in [2.05, 4.69) is 9.84 Å². The quantitative estimate of drug-likeness (QED) is 0.236. The normalized spacial score (nSPS) is 15.1. The van der Waals surface area contributed by atoms with Crippen LogP contribution in [0.15, 0.2) is 30.3 Å². The van der Waals surface area contributed by atoms with Gasteiger partial charge in [0.2, 0.25) is 0 Å². The number of amides is 1. The van der Waals surface area contributed by atoms with Gasteiger partial charge in [0.25, 0.3) is 5.91 Å². The van der Waals surface area contributed by atoms with E-state index in [0.29, 0.717) is 0 Å². The average molecular weight is 402 g/mol. The molecule has 12 heteroatoms. The number of carboxylic acids is 2. The van der Waals surface area contributed by atoms with Gasteiger partial charge in [-0.1, -0.05) is 18.2 Å². The highest BCUT2D eigenvalue weighted by Crippen LogP contribution is 2.37. The first kappa shape index (κ1) is 22.5. The fraction of sp³-hybridized carbons (Fsp3) is 0.333. The topological polar surface area (TPSA) is 179 Å². The maximum Gasteiger partial charge on any atom is 0.403 e. The fourth-order valence-electron chi connectivity index (χ4n) is 1.87. The van der Waals surface area contributed by atoms with Crippen molar-refractivity contribution in [1.29, 1.82) is 0 Å². The molecule has 0 aromatic heterocycles. The van der Waals surface area contributed by atoms with Crippen molar-refractivity contribution >= 4 is 31.9 Å². The van der Waals surface area contributed by atoms with Crippen molar-refractivity contribution in [1.82, 2.24) is 10.4 Å². The number of carboxylic acid groups (broad SMARTS) is 2. The third-order valence-electron chi connectivity index (χ3n) is 3.22. The van der Waals surface area contributed by atoms with Crippen LogP contribution in [0.1, 0.15) is 23.2 Å². The second-order valence-electron chi connectivity index (χ2n) is 5.35. The molecule has 0 saturated heterocycles. The van der Waals surface area contributed by atoms with E-state index in [-0.39, 0.29) is 18.3 Å². The summed E-state index contributed by atoms with van der Waals surface area (Å²) in [4.78, 5) is 54.2. The molecule has 1 rings (SSSR count). The molecule has 5 N–H and O–H groups in total. The van der Waals surface area contributed by atoms with E-state index >= 15 is 0 Å². The summed E-state index contributed by atoms with van der Waals surface area (Å²) in [6.07, 6.45) is -0.456.